The highest BCUT2D eigenvalue weighted by Crippen LogP contribution is 2.73. The smallest absolute Gasteiger partial charge is 0.226 e. The van der Waals surface area contributed by atoms with Crippen molar-refractivity contribution in [1.82, 2.24) is 5.32 Å². The zero-order valence-corrected chi connectivity index (χ0v) is 17.3. The molecular weight excluding hydrogens is 371 g/mol. The normalized spacial score (nSPS) is 32.7. The molecule has 2 bridgehead atoms. The topological polar surface area (TPSA) is 73.6 Å². The van der Waals surface area contributed by atoms with Crippen molar-refractivity contribution in [3.05, 3.63) is 41.7 Å². The van der Waals surface area contributed by atoms with Crippen LogP contribution in [-0.4, -0.2) is 37.3 Å². The number of nitrogens with one attached hydrogen (secondary N) is 1. The highest BCUT2D eigenvalue weighted by Gasteiger charge is 2.71. The second-order valence-electron chi connectivity index (χ2n) is 9.65. The van der Waals surface area contributed by atoms with Gasteiger partial charge < -0.3 is 20.5 Å². The third kappa shape index (κ3) is 3.80. The molecule has 5 rings (SSSR count). The third-order valence-corrected chi connectivity index (χ3v) is 6.85. The molecular formula is C23H31FN2O3. The summed E-state index contributed by atoms with van der Waals surface area (Å²) in [6, 6.07) is 8.18. The maximum atomic E-state index is 12.9. The van der Waals surface area contributed by atoms with Crippen LogP contribution in [0.1, 0.15) is 51.5 Å². The fourth-order valence-electron chi connectivity index (χ4n) is 5.24. The first kappa shape index (κ1) is 20.4. The Kier molecular flexibility index (Phi) is 5.20. The van der Waals surface area contributed by atoms with E-state index in [0.717, 1.165) is 32.1 Å². The second-order valence-corrected chi connectivity index (χ2v) is 9.65. The number of carbonyl (C=O) groups excluding carboxylic acids is 1. The van der Waals surface area contributed by atoms with Gasteiger partial charge in [-0.3, -0.25) is 4.79 Å². The molecule has 1 aromatic carbocycles. The molecule has 0 aromatic heterocycles. The maximum Gasteiger partial charge on any atom is 0.226 e. The molecule has 0 radical (unpaired) electrons. The summed E-state index contributed by atoms with van der Waals surface area (Å²) >= 11 is 0. The lowest BCUT2D eigenvalue weighted by atomic mass is 9.33. The van der Waals surface area contributed by atoms with Crippen LogP contribution >= 0.6 is 0 Å². The van der Waals surface area contributed by atoms with Crippen LogP contribution in [0.4, 0.5) is 4.39 Å². The van der Waals surface area contributed by atoms with Gasteiger partial charge in [0.1, 0.15) is 12.4 Å². The standard InChI is InChI=1S/C23H31FN2O3/c1-21(2)9-18(7-8-29-21)26-20(27)23-13-22(14-23,15-23)17-3-5-19(6-4-17)28-12-16(10-24)11-25/h3-6,10,18H,7-9,11-15,25H2,1-2H3,(H,26,27). The van der Waals surface area contributed by atoms with Crippen LogP contribution in [0, 0.1) is 5.41 Å². The van der Waals surface area contributed by atoms with Crippen LogP contribution in [0.3, 0.4) is 0 Å². The van der Waals surface area contributed by atoms with Crippen LogP contribution in [0.5, 0.6) is 5.75 Å². The molecule has 3 N–H and O–H groups in total. The summed E-state index contributed by atoms with van der Waals surface area (Å²) in [4.78, 5) is 12.9. The summed E-state index contributed by atoms with van der Waals surface area (Å²) in [5, 5.41) is 3.29. The van der Waals surface area contributed by atoms with E-state index in [4.69, 9.17) is 15.2 Å². The summed E-state index contributed by atoms with van der Waals surface area (Å²) in [5.41, 5.74) is 6.91. The van der Waals surface area contributed by atoms with Crippen LogP contribution in [0.15, 0.2) is 36.2 Å². The minimum atomic E-state index is -0.181. The van der Waals surface area contributed by atoms with E-state index in [1.165, 1.54) is 5.56 Å². The Morgan fingerprint density at radius 3 is 2.59 bits per heavy atom. The largest absolute Gasteiger partial charge is 0.489 e. The van der Waals surface area contributed by atoms with Gasteiger partial charge in [-0.1, -0.05) is 12.1 Å². The van der Waals surface area contributed by atoms with Crippen molar-refractivity contribution < 1.29 is 18.7 Å². The first-order valence-electron chi connectivity index (χ1n) is 10.5. The Bertz CT molecular complexity index is 783. The number of halogens is 1. The monoisotopic (exact) mass is 402 g/mol. The van der Waals surface area contributed by atoms with Gasteiger partial charge in [-0.2, -0.15) is 0 Å². The molecule has 0 spiro atoms. The summed E-state index contributed by atoms with van der Waals surface area (Å²) in [7, 11) is 0. The molecule has 6 heteroatoms. The Morgan fingerprint density at radius 1 is 1.31 bits per heavy atom. The Balaban J connectivity index is 1.30. The molecule has 1 saturated heterocycles. The van der Waals surface area contributed by atoms with E-state index in [1.807, 2.05) is 12.1 Å². The van der Waals surface area contributed by atoms with Gasteiger partial charge in [-0.15, -0.1) is 0 Å². The van der Waals surface area contributed by atoms with E-state index in [1.54, 1.807) is 0 Å². The van der Waals surface area contributed by atoms with Gasteiger partial charge in [-0.25, -0.2) is 4.39 Å². The zero-order valence-electron chi connectivity index (χ0n) is 17.3. The maximum absolute atomic E-state index is 12.9. The molecule has 29 heavy (non-hydrogen) atoms. The van der Waals surface area contributed by atoms with E-state index in [0.29, 0.717) is 24.3 Å². The molecule has 1 aromatic rings. The molecule has 3 saturated carbocycles. The lowest BCUT2D eigenvalue weighted by molar-refractivity contribution is -0.178. The van der Waals surface area contributed by atoms with Crippen molar-refractivity contribution in [1.29, 1.82) is 0 Å². The number of rotatable bonds is 7. The number of benzene rings is 1. The highest BCUT2D eigenvalue weighted by atomic mass is 19.1. The van der Waals surface area contributed by atoms with Crippen molar-refractivity contribution in [2.24, 2.45) is 11.1 Å². The highest BCUT2D eigenvalue weighted by molar-refractivity contribution is 5.87. The fourth-order valence-corrected chi connectivity index (χ4v) is 5.24. The molecule has 1 heterocycles. The number of amides is 1. The van der Waals surface area contributed by atoms with Crippen molar-refractivity contribution in [2.75, 3.05) is 19.8 Å². The van der Waals surface area contributed by atoms with Crippen LogP contribution in [0.25, 0.3) is 0 Å². The first-order chi connectivity index (χ1) is 13.8. The molecule has 4 aliphatic rings. The van der Waals surface area contributed by atoms with E-state index in [9.17, 15) is 9.18 Å². The minimum Gasteiger partial charge on any atom is -0.489 e. The summed E-state index contributed by atoms with van der Waals surface area (Å²) in [6.07, 6.45) is 5.01. The van der Waals surface area contributed by atoms with E-state index in [2.05, 4.69) is 31.3 Å². The molecule has 1 atom stereocenters. The number of hydrogen-bond donors (Lipinski definition) is 2. The first-order valence-corrected chi connectivity index (χ1v) is 10.5. The predicted molar refractivity (Wildman–Crippen MR) is 109 cm³/mol. The Hall–Kier alpha value is -1.92. The Morgan fingerprint density at radius 2 is 2.00 bits per heavy atom. The van der Waals surface area contributed by atoms with E-state index < -0.39 is 0 Å². The SMILES string of the molecule is CC1(C)CC(NC(=O)C23CC(c4ccc(OCC(=CF)CN)cc4)(C2)C3)CCO1. The molecule has 1 aliphatic heterocycles. The van der Waals surface area contributed by atoms with Crippen molar-refractivity contribution in [3.63, 3.8) is 0 Å². The van der Waals surface area contributed by atoms with Gasteiger partial charge in [0, 0.05) is 24.8 Å². The fraction of sp³-hybridized carbons (Fsp3) is 0.609. The van der Waals surface area contributed by atoms with Gasteiger partial charge in [0.15, 0.2) is 0 Å². The molecule has 3 aliphatic carbocycles. The van der Waals surface area contributed by atoms with Gasteiger partial charge in [0.05, 0.1) is 17.3 Å². The van der Waals surface area contributed by atoms with Crippen LogP contribution < -0.4 is 15.8 Å². The average molecular weight is 403 g/mol. The van der Waals surface area contributed by atoms with Gasteiger partial charge in [0.25, 0.3) is 0 Å². The number of carbonyl (C=O) groups is 1. The van der Waals surface area contributed by atoms with Crippen molar-refractivity contribution in [3.8, 4) is 5.75 Å². The number of nitrogens with two attached hydrogens (primary N) is 1. The van der Waals surface area contributed by atoms with E-state index in [-0.39, 0.29) is 41.5 Å². The third-order valence-electron chi connectivity index (χ3n) is 6.85. The van der Waals surface area contributed by atoms with E-state index >= 15 is 0 Å². The molecule has 4 fully saturated rings. The molecule has 158 valence electrons. The quantitative estimate of drug-likeness (QED) is 0.733. The lowest BCUT2D eigenvalue weighted by Crippen LogP contribution is -2.70. The summed E-state index contributed by atoms with van der Waals surface area (Å²) in [5.74, 6) is 0.914. The summed E-state index contributed by atoms with van der Waals surface area (Å²) < 4.78 is 23.9. The zero-order chi connectivity index (χ0) is 20.7. The van der Waals surface area contributed by atoms with Crippen molar-refractivity contribution in [2.45, 2.75) is 63.0 Å². The van der Waals surface area contributed by atoms with Crippen LogP contribution in [0.2, 0.25) is 0 Å². The average Bonchev–Trinajstić information content (AvgIpc) is 2.60. The predicted octanol–water partition coefficient (Wildman–Crippen LogP) is 3.37. The molecule has 1 amide bonds. The molecule has 5 nitrogen and oxygen atoms in total. The lowest BCUT2D eigenvalue weighted by Gasteiger charge is -2.70. The van der Waals surface area contributed by atoms with Crippen molar-refractivity contribution >= 4 is 5.91 Å². The van der Waals surface area contributed by atoms with Gasteiger partial charge >= 0.3 is 0 Å². The summed E-state index contributed by atoms with van der Waals surface area (Å²) in [6.45, 7) is 5.17. The van der Waals surface area contributed by atoms with Gasteiger partial charge in [-0.05, 0) is 69.1 Å². The van der Waals surface area contributed by atoms with Crippen LogP contribution in [-0.2, 0) is 14.9 Å². The number of hydrogen-bond acceptors (Lipinski definition) is 4. The Labute approximate surface area is 171 Å². The second kappa shape index (κ2) is 7.40. The number of ether oxygens (including phenoxy) is 2. The van der Waals surface area contributed by atoms with Gasteiger partial charge in [0.2, 0.25) is 5.91 Å². The molecule has 1 unspecified atom stereocenters. The minimum absolute atomic E-state index is 0.131.